The smallest absolute Gasteiger partial charge is 0.156 e. The van der Waals surface area contributed by atoms with E-state index in [1.165, 1.54) is 0 Å². The summed E-state index contributed by atoms with van der Waals surface area (Å²) < 4.78 is 11.4. The number of hydrogen-bond acceptors (Lipinski definition) is 5. The first-order chi connectivity index (χ1) is 14.1. The molecule has 0 radical (unpaired) electrons. The van der Waals surface area contributed by atoms with Crippen LogP contribution in [0.15, 0.2) is 61.1 Å². The van der Waals surface area contributed by atoms with Crippen LogP contribution in [0.1, 0.15) is 11.3 Å². The summed E-state index contributed by atoms with van der Waals surface area (Å²) >= 11 is 5.90. The molecule has 0 aliphatic carbocycles. The Balaban J connectivity index is 1.54. The van der Waals surface area contributed by atoms with E-state index in [0.717, 1.165) is 22.5 Å². The number of methoxy groups -OCH3 is 1. The molecule has 0 spiro atoms. The average molecular weight is 407 g/mol. The molecular weight excluding hydrogens is 388 g/mol. The molecule has 0 fully saturated rings. The van der Waals surface area contributed by atoms with E-state index in [4.69, 9.17) is 21.1 Å². The number of halogens is 1. The number of nitrogens with zero attached hydrogens (tertiary/aromatic N) is 3. The van der Waals surface area contributed by atoms with Gasteiger partial charge < -0.3 is 14.5 Å². The number of benzene rings is 1. The highest BCUT2D eigenvalue weighted by Gasteiger charge is 2.12. The van der Waals surface area contributed by atoms with Gasteiger partial charge in [0.1, 0.15) is 23.8 Å². The van der Waals surface area contributed by atoms with Crippen LogP contribution >= 0.6 is 11.6 Å². The minimum absolute atomic E-state index is 0.437. The van der Waals surface area contributed by atoms with E-state index in [2.05, 4.69) is 19.9 Å². The van der Waals surface area contributed by atoms with Crippen molar-refractivity contribution in [2.75, 3.05) is 7.11 Å². The Morgan fingerprint density at radius 3 is 2.59 bits per heavy atom. The SMILES string of the molecule is COc1cc(OCc2ccc(C)nc2)ccc1-c1cnc(-c2ccc(Cl)cn2)[nH]1. The van der Waals surface area contributed by atoms with E-state index < -0.39 is 0 Å². The van der Waals surface area contributed by atoms with Crippen LogP contribution in [-0.2, 0) is 6.61 Å². The first kappa shape index (κ1) is 19.0. The van der Waals surface area contributed by atoms with Crippen LogP contribution in [-0.4, -0.2) is 27.0 Å². The van der Waals surface area contributed by atoms with Crippen molar-refractivity contribution >= 4 is 11.6 Å². The summed E-state index contributed by atoms with van der Waals surface area (Å²) in [5, 5.41) is 0.583. The predicted molar refractivity (Wildman–Crippen MR) is 112 cm³/mol. The fourth-order valence-electron chi connectivity index (χ4n) is 2.84. The van der Waals surface area contributed by atoms with E-state index in [9.17, 15) is 0 Å². The van der Waals surface area contributed by atoms with E-state index in [1.807, 2.05) is 49.5 Å². The molecule has 0 saturated carbocycles. The Labute approximate surface area is 173 Å². The molecule has 3 heterocycles. The molecule has 0 saturated heterocycles. The largest absolute Gasteiger partial charge is 0.496 e. The lowest BCUT2D eigenvalue weighted by molar-refractivity contribution is 0.303. The van der Waals surface area contributed by atoms with Gasteiger partial charge in [0.05, 0.1) is 24.0 Å². The normalized spacial score (nSPS) is 10.7. The highest BCUT2D eigenvalue weighted by Crippen LogP contribution is 2.33. The van der Waals surface area contributed by atoms with Gasteiger partial charge in [-0.3, -0.25) is 9.97 Å². The molecule has 3 aromatic heterocycles. The fraction of sp³-hybridized carbons (Fsp3) is 0.136. The van der Waals surface area contributed by atoms with Gasteiger partial charge >= 0.3 is 0 Å². The molecule has 146 valence electrons. The third-order valence-corrected chi connectivity index (χ3v) is 4.61. The van der Waals surface area contributed by atoms with Gasteiger partial charge in [0.25, 0.3) is 0 Å². The lowest BCUT2D eigenvalue weighted by atomic mass is 10.1. The Bertz CT molecular complexity index is 1110. The molecular formula is C22H19ClN4O2. The second-order valence-electron chi connectivity index (χ2n) is 6.47. The Morgan fingerprint density at radius 1 is 0.966 bits per heavy atom. The van der Waals surface area contributed by atoms with Crippen LogP contribution in [0.2, 0.25) is 5.02 Å². The van der Waals surface area contributed by atoms with E-state index in [1.54, 1.807) is 25.6 Å². The minimum atomic E-state index is 0.437. The second-order valence-corrected chi connectivity index (χ2v) is 6.90. The molecule has 0 amide bonds. The molecule has 1 aromatic carbocycles. The summed E-state index contributed by atoms with van der Waals surface area (Å²) in [7, 11) is 1.63. The lowest BCUT2D eigenvalue weighted by Crippen LogP contribution is -1.97. The maximum absolute atomic E-state index is 5.90. The summed E-state index contributed by atoms with van der Waals surface area (Å²) in [5.41, 5.74) is 4.40. The topological polar surface area (TPSA) is 72.9 Å². The molecule has 0 aliphatic rings. The number of rotatable bonds is 6. The van der Waals surface area contributed by atoms with E-state index in [0.29, 0.717) is 34.6 Å². The van der Waals surface area contributed by atoms with Crippen LogP contribution in [0, 0.1) is 6.92 Å². The minimum Gasteiger partial charge on any atom is -0.496 e. The molecule has 0 aliphatic heterocycles. The van der Waals surface area contributed by atoms with Crippen molar-refractivity contribution in [3.8, 4) is 34.3 Å². The van der Waals surface area contributed by atoms with Crippen molar-refractivity contribution in [1.29, 1.82) is 0 Å². The Kier molecular flexibility index (Phi) is 5.44. The molecule has 0 bridgehead atoms. The summed E-state index contributed by atoms with van der Waals surface area (Å²) in [6, 6.07) is 13.3. The number of aromatic amines is 1. The van der Waals surface area contributed by atoms with Crippen LogP contribution in [0.25, 0.3) is 22.8 Å². The van der Waals surface area contributed by atoms with Gasteiger partial charge in [-0.25, -0.2) is 4.98 Å². The van der Waals surface area contributed by atoms with Gasteiger partial charge in [0, 0.05) is 35.3 Å². The number of pyridine rings is 2. The monoisotopic (exact) mass is 406 g/mol. The second kappa shape index (κ2) is 8.32. The summed E-state index contributed by atoms with van der Waals surface area (Å²) in [4.78, 5) is 16.3. The lowest BCUT2D eigenvalue weighted by Gasteiger charge is -2.11. The third-order valence-electron chi connectivity index (χ3n) is 4.39. The number of H-pyrrole nitrogens is 1. The number of imidazole rings is 1. The number of aromatic nitrogens is 4. The standard InChI is InChI=1S/C22H19ClN4O2/c1-14-3-4-15(10-24-14)13-29-17-6-7-18(21(9-17)28-2)20-12-26-22(27-20)19-8-5-16(23)11-25-19/h3-12H,13H2,1-2H3,(H,26,27). The molecule has 1 N–H and O–H groups in total. The van der Waals surface area contributed by atoms with Gasteiger partial charge in [0.2, 0.25) is 0 Å². The zero-order valence-corrected chi connectivity index (χ0v) is 16.8. The zero-order valence-electron chi connectivity index (χ0n) is 16.0. The average Bonchev–Trinajstić information content (AvgIpc) is 3.23. The summed E-state index contributed by atoms with van der Waals surface area (Å²) in [5.74, 6) is 2.06. The van der Waals surface area contributed by atoms with Crippen LogP contribution in [0.5, 0.6) is 11.5 Å². The molecule has 4 aromatic rings. The van der Waals surface area contributed by atoms with Crippen molar-refractivity contribution in [1.82, 2.24) is 19.9 Å². The van der Waals surface area contributed by atoms with Crippen LogP contribution in [0.4, 0.5) is 0 Å². The zero-order chi connectivity index (χ0) is 20.2. The molecule has 7 heteroatoms. The third kappa shape index (κ3) is 4.38. The molecule has 6 nitrogen and oxygen atoms in total. The van der Waals surface area contributed by atoms with Gasteiger partial charge in [-0.15, -0.1) is 0 Å². The molecule has 4 rings (SSSR count). The van der Waals surface area contributed by atoms with Gasteiger partial charge in [-0.2, -0.15) is 0 Å². The van der Waals surface area contributed by atoms with Gasteiger partial charge in [0.15, 0.2) is 5.82 Å². The first-order valence-corrected chi connectivity index (χ1v) is 9.40. The fourth-order valence-corrected chi connectivity index (χ4v) is 2.95. The van der Waals surface area contributed by atoms with Crippen molar-refractivity contribution in [2.45, 2.75) is 13.5 Å². The van der Waals surface area contributed by atoms with Crippen molar-refractivity contribution < 1.29 is 9.47 Å². The summed E-state index contributed by atoms with van der Waals surface area (Å²) in [6.45, 7) is 2.39. The molecule has 0 unspecified atom stereocenters. The number of nitrogens with one attached hydrogen (secondary N) is 1. The molecule has 0 atom stereocenters. The summed E-state index contributed by atoms with van der Waals surface area (Å²) in [6.07, 6.45) is 5.16. The van der Waals surface area contributed by atoms with E-state index >= 15 is 0 Å². The highest BCUT2D eigenvalue weighted by atomic mass is 35.5. The number of aryl methyl sites for hydroxylation is 1. The quantitative estimate of drug-likeness (QED) is 0.483. The van der Waals surface area contributed by atoms with Crippen molar-refractivity contribution in [3.63, 3.8) is 0 Å². The van der Waals surface area contributed by atoms with Crippen molar-refractivity contribution in [2.24, 2.45) is 0 Å². The number of hydrogen-bond donors (Lipinski definition) is 1. The maximum Gasteiger partial charge on any atom is 0.156 e. The van der Waals surface area contributed by atoms with Gasteiger partial charge in [-0.1, -0.05) is 17.7 Å². The number of ether oxygens (including phenoxy) is 2. The van der Waals surface area contributed by atoms with Gasteiger partial charge in [-0.05, 0) is 37.3 Å². The Hall–Kier alpha value is -3.38. The highest BCUT2D eigenvalue weighted by molar-refractivity contribution is 6.30. The van der Waals surface area contributed by atoms with Crippen LogP contribution in [0.3, 0.4) is 0 Å². The molecule has 29 heavy (non-hydrogen) atoms. The first-order valence-electron chi connectivity index (χ1n) is 9.02. The van der Waals surface area contributed by atoms with E-state index in [-0.39, 0.29) is 0 Å². The van der Waals surface area contributed by atoms with Crippen molar-refractivity contribution in [3.05, 3.63) is 77.3 Å². The Morgan fingerprint density at radius 2 is 1.86 bits per heavy atom. The van der Waals surface area contributed by atoms with Crippen LogP contribution < -0.4 is 9.47 Å². The predicted octanol–water partition coefficient (Wildman–Crippen LogP) is 5.08. The maximum atomic E-state index is 5.90.